The molecule has 0 radical (unpaired) electrons. The predicted octanol–water partition coefficient (Wildman–Crippen LogP) is 5.27. The molecule has 5 nitrogen and oxygen atoms in total. The van der Waals surface area contributed by atoms with Gasteiger partial charge in [0.15, 0.2) is 0 Å². The number of benzene rings is 2. The number of methoxy groups -OCH3 is 2. The smallest absolute Gasteiger partial charge is 0.218 e. The van der Waals surface area contributed by atoms with E-state index in [4.69, 9.17) is 9.47 Å². The Morgan fingerprint density at radius 1 is 0.871 bits per heavy atom. The normalized spacial score (nSPS) is 13.8. The van der Waals surface area contributed by atoms with Crippen LogP contribution in [0.25, 0.3) is 0 Å². The van der Waals surface area contributed by atoms with Gasteiger partial charge in [-0.15, -0.1) is 6.58 Å². The topological polar surface area (TPSA) is 55.8 Å². The lowest BCUT2D eigenvalue weighted by Gasteiger charge is -2.33. The maximum atomic E-state index is 13.9. The largest absolute Gasteiger partial charge is 0.497 e. The first-order valence-electron chi connectivity index (χ1n) is 10.6. The minimum absolute atomic E-state index is 0.0193. The third kappa shape index (κ3) is 6.58. The molecule has 31 heavy (non-hydrogen) atoms. The van der Waals surface area contributed by atoms with Crippen molar-refractivity contribution in [3.8, 4) is 11.5 Å². The van der Waals surface area contributed by atoms with Gasteiger partial charge in [-0.3, -0.25) is 0 Å². The van der Waals surface area contributed by atoms with Crippen LogP contribution in [-0.4, -0.2) is 32.2 Å². The molecular formula is C25H35NO4S. The minimum atomic E-state index is -3.59. The Morgan fingerprint density at radius 2 is 1.29 bits per heavy atom. The Kier molecular flexibility index (Phi) is 9.14. The third-order valence-corrected chi connectivity index (χ3v) is 8.17. The molecule has 0 aliphatic rings. The van der Waals surface area contributed by atoms with Crippen molar-refractivity contribution in [1.82, 2.24) is 4.31 Å². The molecule has 170 valence electrons. The van der Waals surface area contributed by atoms with Crippen molar-refractivity contribution < 1.29 is 17.9 Å². The van der Waals surface area contributed by atoms with E-state index in [1.165, 1.54) is 0 Å². The summed E-state index contributed by atoms with van der Waals surface area (Å²) in [6.07, 6.45) is 2.45. The molecule has 0 amide bonds. The van der Waals surface area contributed by atoms with Crippen LogP contribution in [0, 0.1) is 11.8 Å². The molecule has 0 aliphatic carbocycles. The molecule has 2 rings (SSSR count). The van der Waals surface area contributed by atoms with Crippen molar-refractivity contribution >= 4 is 10.0 Å². The summed E-state index contributed by atoms with van der Waals surface area (Å²) in [6, 6.07) is 15.1. The van der Waals surface area contributed by atoms with E-state index in [2.05, 4.69) is 6.58 Å². The summed E-state index contributed by atoms with van der Waals surface area (Å²) in [6.45, 7) is 10.3. The third-order valence-electron chi connectivity index (χ3n) is 5.50. The van der Waals surface area contributed by atoms with Crippen LogP contribution in [0.15, 0.2) is 61.2 Å². The fourth-order valence-corrected chi connectivity index (χ4v) is 6.36. The molecule has 2 aromatic rings. The average molecular weight is 446 g/mol. The lowest BCUT2D eigenvalue weighted by Crippen LogP contribution is -2.43. The maximum Gasteiger partial charge on any atom is 0.218 e. The highest BCUT2D eigenvalue weighted by Crippen LogP contribution is 2.29. The van der Waals surface area contributed by atoms with Crippen molar-refractivity contribution in [3.63, 3.8) is 0 Å². The summed E-state index contributed by atoms with van der Waals surface area (Å²) in [5, 5.41) is -0.498. The van der Waals surface area contributed by atoms with E-state index in [0.717, 1.165) is 22.6 Å². The van der Waals surface area contributed by atoms with Gasteiger partial charge in [0, 0.05) is 13.1 Å². The molecule has 0 N–H and O–H groups in total. The van der Waals surface area contributed by atoms with Crippen LogP contribution in [0.2, 0.25) is 0 Å². The number of hydrogen-bond donors (Lipinski definition) is 0. The standard InChI is InChI=1S/C25H35NO4S/c1-7-8-20(4)25(19(2)3)31(27,28)26(17-21-9-13-23(29-5)14-10-21)18-22-11-15-24(30-6)16-12-22/h7,9-16,19-20,25H,1,8,17-18H2,2-6H3. The number of rotatable bonds is 12. The van der Waals surface area contributed by atoms with Gasteiger partial charge < -0.3 is 9.47 Å². The second kappa shape index (κ2) is 11.3. The van der Waals surface area contributed by atoms with Crippen molar-refractivity contribution in [3.05, 3.63) is 72.3 Å². The van der Waals surface area contributed by atoms with Gasteiger partial charge in [0.2, 0.25) is 10.0 Å². The predicted molar refractivity (Wildman–Crippen MR) is 127 cm³/mol. The van der Waals surface area contributed by atoms with E-state index in [1.54, 1.807) is 24.6 Å². The highest BCUT2D eigenvalue weighted by molar-refractivity contribution is 7.89. The monoisotopic (exact) mass is 445 g/mol. The number of ether oxygens (including phenoxy) is 2. The molecule has 0 aliphatic heterocycles. The lowest BCUT2D eigenvalue weighted by molar-refractivity contribution is 0.355. The van der Waals surface area contributed by atoms with Gasteiger partial charge in [-0.25, -0.2) is 8.42 Å². The molecule has 0 spiro atoms. The van der Waals surface area contributed by atoms with Crippen LogP contribution >= 0.6 is 0 Å². The Labute approximate surface area is 187 Å². The van der Waals surface area contributed by atoms with Crippen molar-refractivity contribution in [2.75, 3.05) is 14.2 Å². The summed E-state index contributed by atoms with van der Waals surface area (Å²) in [5.74, 6) is 1.44. The van der Waals surface area contributed by atoms with Crippen LogP contribution in [0.3, 0.4) is 0 Å². The number of nitrogens with zero attached hydrogens (tertiary/aromatic N) is 1. The Morgan fingerprint density at radius 3 is 1.61 bits per heavy atom. The summed E-state index contributed by atoms with van der Waals surface area (Å²) >= 11 is 0. The zero-order chi connectivity index (χ0) is 23.0. The first-order chi connectivity index (χ1) is 14.7. The molecule has 0 aromatic heterocycles. The Bertz CT molecular complexity index is 871. The van der Waals surface area contributed by atoms with Crippen LogP contribution < -0.4 is 9.47 Å². The maximum absolute atomic E-state index is 13.9. The van der Waals surface area contributed by atoms with Gasteiger partial charge in [-0.05, 0) is 53.6 Å². The van der Waals surface area contributed by atoms with Gasteiger partial charge in [0.1, 0.15) is 11.5 Å². The zero-order valence-electron chi connectivity index (χ0n) is 19.2. The second-order valence-electron chi connectivity index (χ2n) is 8.22. The molecule has 0 saturated carbocycles. The van der Waals surface area contributed by atoms with Gasteiger partial charge in [-0.1, -0.05) is 51.1 Å². The van der Waals surface area contributed by atoms with E-state index in [-0.39, 0.29) is 11.8 Å². The first-order valence-corrected chi connectivity index (χ1v) is 12.1. The summed E-state index contributed by atoms with van der Waals surface area (Å²) in [5.41, 5.74) is 1.83. The van der Waals surface area contributed by atoms with E-state index < -0.39 is 15.3 Å². The second-order valence-corrected chi connectivity index (χ2v) is 10.3. The molecule has 2 atom stereocenters. The Hall–Kier alpha value is -2.31. The molecular weight excluding hydrogens is 410 g/mol. The fraction of sp³-hybridized carbons (Fsp3) is 0.440. The molecule has 6 heteroatoms. The molecule has 0 fully saturated rings. The summed E-state index contributed by atoms with van der Waals surface area (Å²) < 4.78 is 39.8. The van der Waals surface area contributed by atoms with Crippen LogP contribution in [0.1, 0.15) is 38.3 Å². The van der Waals surface area contributed by atoms with Crippen molar-refractivity contribution in [2.45, 2.75) is 45.5 Å². The van der Waals surface area contributed by atoms with Crippen LogP contribution in [0.4, 0.5) is 0 Å². The van der Waals surface area contributed by atoms with Gasteiger partial charge in [0.25, 0.3) is 0 Å². The lowest BCUT2D eigenvalue weighted by atomic mass is 9.95. The quantitative estimate of drug-likeness (QED) is 0.418. The molecule has 0 saturated heterocycles. The fourth-order valence-electron chi connectivity index (χ4n) is 3.97. The SMILES string of the molecule is C=CCC(C)C(C(C)C)S(=O)(=O)N(Cc1ccc(OC)cc1)Cc1ccc(OC)cc1. The summed E-state index contributed by atoms with van der Waals surface area (Å²) in [7, 11) is -0.359. The van der Waals surface area contributed by atoms with Crippen LogP contribution in [-0.2, 0) is 23.1 Å². The molecule has 2 unspecified atom stereocenters. The van der Waals surface area contributed by atoms with Gasteiger partial charge in [-0.2, -0.15) is 4.31 Å². The number of hydrogen-bond acceptors (Lipinski definition) is 4. The first kappa shape index (κ1) is 25.0. The van der Waals surface area contributed by atoms with E-state index in [9.17, 15) is 8.42 Å². The number of allylic oxidation sites excluding steroid dienone is 1. The molecule has 0 heterocycles. The zero-order valence-corrected chi connectivity index (χ0v) is 20.1. The average Bonchev–Trinajstić information content (AvgIpc) is 2.74. The van der Waals surface area contributed by atoms with Gasteiger partial charge >= 0.3 is 0 Å². The molecule has 2 aromatic carbocycles. The highest BCUT2D eigenvalue weighted by Gasteiger charge is 2.37. The highest BCUT2D eigenvalue weighted by atomic mass is 32.2. The van der Waals surface area contributed by atoms with E-state index in [1.807, 2.05) is 69.3 Å². The summed E-state index contributed by atoms with van der Waals surface area (Å²) in [4.78, 5) is 0. The van der Waals surface area contributed by atoms with Gasteiger partial charge in [0.05, 0.1) is 19.5 Å². The minimum Gasteiger partial charge on any atom is -0.497 e. The van der Waals surface area contributed by atoms with E-state index >= 15 is 0 Å². The molecule has 0 bridgehead atoms. The number of sulfonamides is 1. The Balaban J connectivity index is 2.42. The van der Waals surface area contributed by atoms with E-state index in [0.29, 0.717) is 19.5 Å². The van der Waals surface area contributed by atoms with Crippen molar-refractivity contribution in [2.24, 2.45) is 11.8 Å². The van der Waals surface area contributed by atoms with Crippen LogP contribution in [0.5, 0.6) is 11.5 Å². The van der Waals surface area contributed by atoms with Crippen molar-refractivity contribution in [1.29, 1.82) is 0 Å².